The fourth-order valence-corrected chi connectivity index (χ4v) is 4.32. The van der Waals surface area contributed by atoms with E-state index in [0.717, 1.165) is 22.5 Å². The van der Waals surface area contributed by atoms with Crippen molar-refractivity contribution in [2.75, 3.05) is 5.32 Å². The van der Waals surface area contributed by atoms with Gasteiger partial charge in [0.25, 0.3) is 0 Å². The van der Waals surface area contributed by atoms with E-state index in [1.807, 2.05) is 24.5 Å². The summed E-state index contributed by atoms with van der Waals surface area (Å²) in [5.41, 5.74) is 9.18. The molecule has 0 aliphatic rings. The molecule has 2 aromatic heterocycles. The first kappa shape index (κ1) is 18.3. The molecule has 1 N–H and O–H groups in total. The zero-order valence-electron chi connectivity index (χ0n) is 16.3. The highest BCUT2D eigenvalue weighted by atomic mass is 32.1. The van der Waals surface area contributed by atoms with Gasteiger partial charge in [-0.1, -0.05) is 66.7 Å². The molecule has 0 bridgehead atoms. The summed E-state index contributed by atoms with van der Waals surface area (Å²) >= 11 is 1.71. The van der Waals surface area contributed by atoms with Gasteiger partial charge in [0, 0.05) is 34.8 Å². The van der Waals surface area contributed by atoms with Crippen molar-refractivity contribution in [3.8, 4) is 33.4 Å². The minimum Gasteiger partial charge on any atom is -0.354 e. The summed E-state index contributed by atoms with van der Waals surface area (Å²) in [5.74, 6) is 0. The van der Waals surface area contributed by atoms with Gasteiger partial charge in [0.2, 0.25) is 0 Å². The van der Waals surface area contributed by atoms with Crippen LogP contribution in [0.3, 0.4) is 0 Å². The van der Waals surface area contributed by atoms with Crippen molar-refractivity contribution >= 4 is 22.7 Å². The lowest BCUT2D eigenvalue weighted by Gasteiger charge is -2.17. The molecule has 0 aliphatic carbocycles. The van der Waals surface area contributed by atoms with Gasteiger partial charge >= 0.3 is 0 Å². The second-order valence-corrected chi connectivity index (χ2v) is 7.83. The van der Waals surface area contributed by atoms with Crippen LogP contribution in [0.15, 0.2) is 114 Å². The quantitative estimate of drug-likeness (QED) is 0.322. The molecule has 0 radical (unpaired) electrons. The van der Waals surface area contributed by atoms with Crippen LogP contribution in [0.5, 0.6) is 0 Å². The van der Waals surface area contributed by atoms with Crippen LogP contribution in [-0.2, 0) is 0 Å². The third-order valence-electron chi connectivity index (χ3n) is 5.11. The van der Waals surface area contributed by atoms with Crippen molar-refractivity contribution in [1.29, 1.82) is 0 Å². The molecule has 2 nitrogen and oxygen atoms in total. The highest BCUT2D eigenvalue weighted by Gasteiger charge is 2.13. The summed E-state index contributed by atoms with van der Waals surface area (Å²) in [6.07, 6.45) is 3.72. The first-order valence-electron chi connectivity index (χ1n) is 9.87. The van der Waals surface area contributed by atoms with Gasteiger partial charge in [-0.3, -0.25) is 4.98 Å². The number of benzene rings is 3. The van der Waals surface area contributed by atoms with Crippen LogP contribution in [0.4, 0.5) is 11.4 Å². The van der Waals surface area contributed by atoms with Crippen LogP contribution in [0, 0.1) is 0 Å². The average molecular weight is 405 g/mol. The Bertz CT molecular complexity index is 1250. The van der Waals surface area contributed by atoms with Gasteiger partial charge in [0.05, 0.1) is 5.69 Å². The molecule has 0 spiro atoms. The predicted octanol–water partition coefficient (Wildman–Crippen LogP) is 7.89. The van der Waals surface area contributed by atoms with Crippen molar-refractivity contribution in [1.82, 2.24) is 4.98 Å². The van der Waals surface area contributed by atoms with Crippen LogP contribution in [0.1, 0.15) is 0 Å². The molecule has 0 fully saturated rings. The number of nitrogens with one attached hydrogen (secondary N) is 1. The van der Waals surface area contributed by atoms with Gasteiger partial charge in [-0.2, -0.15) is 11.3 Å². The largest absolute Gasteiger partial charge is 0.354 e. The van der Waals surface area contributed by atoms with Gasteiger partial charge in [-0.05, 0) is 51.7 Å². The zero-order chi connectivity index (χ0) is 20.2. The SMILES string of the molecule is c1ccc(-c2cccc(Nc3c(-c4cccnc4)cccc3-c3ccsc3)c2)cc1. The number of aromatic nitrogens is 1. The van der Waals surface area contributed by atoms with Crippen LogP contribution < -0.4 is 5.32 Å². The predicted molar refractivity (Wildman–Crippen MR) is 128 cm³/mol. The van der Waals surface area contributed by atoms with Crippen LogP contribution in [0.25, 0.3) is 33.4 Å². The normalized spacial score (nSPS) is 10.7. The number of rotatable bonds is 5. The summed E-state index contributed by atoms with van der Waals surface area (Å²) in [7, 11) is 0. The van der Waals surface area contributed by atoms with Gasteiger partial charge in [0.15, 0.2) is 0 Å². The molecule has 0 aliphatic heterocycles. The van der Waals surface area contributed by atoms with Crippen molar-refractivity contribution in [3.05, 3.63) is 114 Å². The van der Waals surface area contributed by atoms with E-state index in [1.165, 1.54) is 22.3 Å². The number of hydrogen-bond acceptors (Lipinski definition) is 3. The average Bonchev–Trinajstić information content (AvgIpc) is 3.35. The molecule has 144 valence electrons. The first-order chi connectivity index (χ1) is 14.9. The van der Waals surface area contributed by atoms with E-state index in [-0.39, 0.29) is 0 Å². The molecule has 0 saturated carbocycles. The van der Waals surface area contributed by atoms with E-state index in [0.29, 0.717) is 0 Å². The van der Waals surface area contributed by atoms with Crippen molar-refractivity contribution in [2.45, 2.75) is 0 Å². The van der Waals surface area contributed by atoms with E-state index in [9.17, 15) is 0 Å². The molecule has 0 saturated heterocycles. The van der Waals surface area contributed by atoms with Crippen molar-refractivity contribution in [3.63, 3.8) is 0 Å². The molecule has 0 amide bonds. The smallest absolute Gasteiger partial charge is 0.0544 e. The third-order valence-corrected chi connectivity index (χ3v) is 5.79. The lowest BCUT2D eigenvalue weighted by atomic mass is 9.97. The molecule has 3 heteroatoms. The molecule has 30 heavy (non-hydrogen) atoms. The zero-order valence-corrected chi connectivity index (χ0v) is 17.1. The maximum atomic E-state index is 4.33. The molecule has 0 atom stereocenters. The minimum absolute atomic E-state index is 1.06. The maximum Gasteiger partial charge on any atom is 0.0544 e. The van der Waals surface area contributed by atoms with Crippen LogP contribution in [-0.4, -0.2) is 4.98 Å². The Morgan fingerprint density at radius 2 is 1.40 bits per heavy atom. The second kappa shape index (κ2) is 8.36. The molecule has 0 unspecified atom stereocenters. The highest BCUT2D eigenvalue weighted by molar-refractivity contribution is 7.08. The Balaban J connectivity index is 1.62. The van der Waals surface area contributed by atoms with Gasteiger partial charge in [-0.25, -0.2) is 0 Å². The maximum absolute atomic E-state index is 4.33. The number of thiophene rings is 1. The number of hydrogen-bond donors (Lipinski definition) is 1. The number of anilines is 2. The number of nitrogens with zero attached hydrogens (tertiary/aromatic N) is 1. The Labute approximate surface area is 180 Å². The summed E-state index contributed by atoms with van der Waals surface area (Å²) in [4.78, 5) is 4.33. The van der Waals surface area contributed by atoms with Gasteiger partial charge in [0.1, 0.15) is 0 Å². The monoisotopic (exact) mass is 404 g/mol. The lowest BCUT2D eigenvalue weighted by molar-refractivity contribution is 1.33. The molecular formula is C27H20N2S. The Morgan fingerprint density at radius 3 is 2.17 bits per heavy atom. The van der Waals surface area contributed by atoms with Gasteiger partial charge in [-0.15, -0.1) is 0 Å². The van der Waals surface area contributed by atoms with Crippen LogP contribution >= 0.6 is 11.3 Å². The number of pyridine rings is 1. The molecule has 3 aromatic carbocycles. The second-order valence-electron chi connectivity index (χ2n) is 7.05. The topological polar surface area (TPSA) is 24.9 Å². The summed E-state index contributed by atoms with van der Waals surface area (Å²) < 4.78 is 0. The Kier molecular flexibility index (Phi) is 5.11. The summed E-state index contributed by atoms with van der Waals surface area (Å²) in [6, 6.07) is 31.7. The van der Waals surface area contributed by atoms with Crippen molar-refractivity contribution < 1.29 is 0 Å². The van der Waals surface area contributed by atoms with Gasteiger partial charge < -0.3 is 5.32 Å². The van der Waals surface area contributed by atoms with Crippen LogP contribution in [0.2, 0.25) is 0 Å². The van der Waals surface area contributed by atoms with E-state index in [2.05, 4.69) is 99.9 Å². The van der Waals surface area contributed by atoms with E-state index >= 15 is 0 Å². The van der Waals surface area contributed by atoms with E-state index < -0.39 is 0 Å². The summed E-state index contributed by atoms with van der Waals surface area (Å²) in [5, 5.41) is 8.02. The van der Waals surface area contributed by atoms with E-state index in [4.69, 9.17) is 0 Å². The third kappa shape index (κ3) is 3.76. The number of para-hydroxylation sites is 1. The Morgan fingerprint density at radius 1 is 0.633 bits per heavy atom. The first-order valence-corrected chi connectivity index (χ1v) is 10.8. The minimum atomic E-state index is 1.06. The van der Waals surface area contributed by atoms with Crippen molar-refractivity contribution in [2.24, 2.45) is 0 Å². The molecule has 5 rings (SSSR count). The highest BCUT2D eigenvalue weighted by Crippen LogP contribution is 2.39. The standard InChI is InChI=1S/C27H20N2S/c1-2-7-20(8-3-1)21-9-4-11-24(17-21)29-27-25(22-10-6-15-28-18-22)12-5-13-26(27)23-14-16-30-19-23/h1-19,29H. The molecule has 2 heterocycles. The summed E-state index contributed by atoms with van der Waals surface area (Å²) in [6.45, 7) is 0. The molecular weight excluding hydrogens is 384 g/mol. The lowest BCUT2D eigenvalue weighted by Crippen LogP contribution is -1.97. The fourth-order valence-electron chi connectivity index (χ4n) is 3.66. The van der Waals surface area contributed by atoms with E-state index in [1.54, 1.807) is 11.3 Å². The molecule has 5 aromatic rings. The Hall–Kier alpha value is -3.69. The fraction of sp³-hybridized carbons (Fsp3) is 0.